The molecule has 0 spiro atoms. The smallest absolute Gasteiger partial charge is 0.0996 e. The Morgan fingerprint density at radius 2 is 2.17 bits per heavy atom. The van der Waals surface area contributed by atoms with E-state index < -0.39 is 6.10 Å². The van der Waals surface area contributed by atoms with E-state index in [2.05, 4.69) is 12.0 Å². The second kappa shape index (κ2) is 5.55. The largest absolute Gasteiger partial charge is 0.386 e. The van der Waals surface area contributed by atoms with Crippen LogP contribution in [-0.4, -0.2) is 14.9 Å². The van der Waals surface area contributed by atoms with Crippen molar-refractivity contribution in [3.05, 3.63) is 52.3 Å². The SMILES string of the molecule is CCc1cc(C(O)Cc2cccc(Cl)c2)n(C)n1. The van der Waals surface area contributed by atoms with Gasteiger partial charge in [-0.3, -0.25) is 4.68 Å². The number of benzene rings is 1. The summed E-state index contributed by atoms with van der Waals surface area (Å²) in [6, 6.07) is 9.52. The maximum atomic E-state index is 10.3. The molecule has 0 saturated carbocycles. The third kappa shape index (κ3) is 2.92. The van der Waals surface area contributed by atoms with Gasteiger partial charge < -0.3 is 5.11 Å². The summed E-state index contributed by atoms with van der Waals surface area (Å²) in [5.41, 5.74) is 2.86. The topological polar surface area (TPSA) is 38.0 Å². The monoisotopic (exact) mass is 264 g/mol. The highest BCUT2D eigenvalue weighted by Gasteiger charge is 2.14. The molecule has 0 saturated heterocycles. The van der Waals surface area contributed by atoms with Crippen molar-refractivity contribution in [2.24, 2.45) is 7.05 Å². The molecule has 3 nitrogen and oxygen atoms in total. The van der Waals surface area contributed by atoms with Crippen molar-refractivity contribution in [1.82, 2.24) is 9.78 Å². The molecule has 1 unspecified atom stereocenters. The number of rotatable bonds is 4. The van der Waals surface area contributed by atoms with Crippen molar-refractivity contribution < 1.29 is 5.11 Å². The Morgan fingerprint density at radius 1 is 1.39 bits per heavy atom. The minimum absolute atomic E-state index is 0.545. The summed E-state index contributed by atoms with van der Waals surface area (Å²) in [7, 11) is 1.86. The highest BCUT2D eigenvalue weighted by atomic mass is 35.5. The molecule has 1 atom stereocenters. The van der Waals surface area contributed by atoms with Crippen LogP contribution in [0.25, 0.3) is 0 Å². The Kier molecular flexibility index (Phi) is 4.04. The lowest BCUT2D eigenvalue weighted by Gasteiger charge is -2.11. The summed E-state index contributed by atoms with van der Waals surface area (Å²) >= 11 is 5.93. The van der Waals surface area contributed by atoms with Crippen LogP contribution in [-0.2, 0) is 19.9 Å². The molecule has 1 heterocycles. The summed E-state index contributed by atoms with van der Waals surface area (Å²) in [5.74, 6) is 0. The molecule has 0 bridgehead atoms. The maximum Gasteiger partial charge on any atom is 0.0996 e. The summed E-state index contributed by atoms with van der Waals surface area (Å²) in [4.78, 5) is 0. The maximum absolute atomic E-state index is 10.3. The van der Waals surface area contributed by atoms with E-state index in [1.807, 2.05) is 37.4 Å². The molecule has 0 fully saturated rings. The van der Waals surface area contributed by atoms with Crippen LogP contribution in [0.3, 0.4) is 0 Å². The molecule has 1 aromatic carbocycles. The normalized spacial score (nSPS) is 12.7. The number of aliphatic hydroxyl groups excluding tert-OH is 1. The molecule has 0 aliphatic heterocycles. The van der Waals surface area contributed by atoms with Gasteiger partial charge in [-0.05, 0) is 30.2 Å². The zero-order chi connectivity index (χ0) is 13.1. The van der Waals surface area contributed by atoms with E-state index in [4.69, 9.17) is 11.6 Å². The Hall–Kier alpha value is -1.32. The van der Waals surface area contributed by atoms with E-state index in [0.29, 0.717) is 11.4 Å². The first-order chi connectivity index (χ1) is 8.60. The Labute approximate surface area is 112 Å². The molecular formula is C14H17ClN2O. The van der Waals surface area contributed by atoms with E-state index in [-0.39, 0.29) is 0 Å². The predicted octanol–water partition coefficient (Wildman–Crippen LogP) is 2.91. The third-order valence-electron chi connectivity index (χ3n) is 2.99. The average molecular weight is 265 g/mol. The van der Waals surface area contributed by atoms with Gasteiger partial charge in [0.05, 0.1) is 17.5 Å². The molecular weight excluding hydrogens is 248 g/mol. The van der Waals surface area contributed by atoms with E-state index in [1.165, 1.54) is 0 Å². The first-order valence-electron chi connectivity index (χ1n) is 6.05. The standard InChI is InChI=1S/C14H17ClN2O/c1-3-12-9-13(17(2)16-12)14(18)8-10-5-4-6-11(15)7-10/h4-7,9,14,18H,3,8H2,1-2H3. The first kappa shape index (κ1) is 13.1. The van der Waals surface area contributed by atoms with Crippen molar-refractivity contribution in [2.75, 3.05) is 0 Å². The molecule has 96 valence electrons. The minimum Gasteiger partial charge on any atom is -0.386 e. The van der Waals surface area contributed by atoms with Gasteiger partial charge in [0, 0.05) is 18.5 Å². The van der Waals surface area contributed by atoms with Crippen LogP contribution >= 0.6 is 11.6 Å². The summed E-state index contributed by atoms with van der Waals surface area (Å²) in [6.45, 7) is 2.05. The van der Waals surface area contributed by atoms with Crippen LogP contribution in [0.1, 0.15) is 30.0 Å². The summed E-state index contributed by atoms with van der Waals surface area (Å²) < 4.78 is 1.74. The van der Waals surface area contributed by atoms with Crippen LogP contribution in [0, 0.1) is 0 Å². The fraction of sp³-hybridized carbons (Fsp3) is 0.357. The van der Waals surface area contributed by atoms with E-state index >= 15 is 0 Å². The van der Waals surface area contributed by atoms with Crippen LogP contribution < -0.4 is 0 Å². The zero-order valence-corrected chi connectivity index (χ0v) is 11.4. The predicted molar refractivity (Wildman–Crippen MR) is 72.7 cm³/mol. The number of halogens is 1. The van der Waals surface area contributed by atoms with Crippen molar-refractivity contribution in [3.63, 3.8) is 0 Å². The Morgan fingerprint density at radius 3 is 2.78 bits per heavy atom. The molecule has 0 amide bonds. The summed E-state index contributed by atoms with van der Waals surface area (Å²) in [5, 5.41) is 15.3. The van der Waals surface area contributed by atoms with Gasteiger partial charge in [0.1, 0.15) is 0 Å². The molecule has 0 aliphatic carbocycles. The lowest BCUT2D eigenvalue weighted by molar-refractivity contribution is 0.168. The molecule has 2 aromatic rings. The molecule has 1 aromatic heterocycles. The quantitative estimate of drug-likeness (QED) is 0.922. The highest BCUT2D eigenvalue weighted by Crippen LogP contribution is 2.20. The number of nitrogens with zero attached hydrogens (tertiary/aromatic N) is 2. The number of hydrogen-bond acceptors (Lipinski definition) is 2. The Balaban J connectivity index is 2.16. The number of hydrogen-bond donors (Lipinski definition) is 1. The van der Waals surface area contributed by atoms with Gasteiger partial charge >= 0.3 is 0 Å². The van der Waals surface area contributed by atoms with Crippen LogP contribution in [0.5, 0.6) is 0 Å². The van der Waals surface area contributed by atoms with Crippen molar-refractivity contribution >= 4 is 11.6 Å². The van der Waals surface area contributed by atoms with Crippen molar-refractivity contribution in [3.8, 4) is 0 Å². The van der Waals surface area contributed by atoms with Crippen LogP contribution in [0.2, 0.25) is 5.02 Å². The number of aliphatic hydroxyl groups is 1. The van der Waals surface area contributed by atoms with E-state index in [1.54, 1.807) is 4.68 Å². The number of aryl methyl sites for hydroxylation is 2. The van der Waals surface area contributed by atoms with Gasteiger partial charge in [0.25, 0.3) is 0 Å². The average Bonchev–Trinajstić information content (AvgIpc) is 2.70. The minimum atomic E-state index is -0.554. The van der Waals surface area contributed by atoms with Gasteiger partial charge in [0.15, 0.2) is 0 Å². The molecule has 0 radical (unpaired) electrons. The number of aromatic nitrogens is 2. The van der Waals surface area contributed by atoms with Gasteiger partial charge in [-0.2, -0.15) is 5.10 Å². The van der Waals surface area contributed by atoms with Crippen molar-refractivity contribution in [2.45, 2.75) is 25.9 Å². The fourth-order valence-electron chi connectivity index (χ4n) is 2.02. The lowest BCUT2D eigenvalue weighted by atomic mass is 10.1. The highest BCUT2D eigenvalue weighted by molar-refractivity contribution is 6.30. The third-order valence-corrected chi connectivity index (χ3v) is 3.22. The van der Waals surface area contributed by atoms with E-state index in [9.17, 15) is 5.11 Å². The Bertz CT molecular complexity index is 536. The second-order valence-corrected chi connectivity index (χ2v) is 4.82. The van der Waals surface area contributed by atoms with Crippen molar-refractivity contribution in [1.29, 1.82) is 0 Å². The van der Waals surface area contributed by atoms with Crippen LogP contribution in [0.15, 0.2) is 30.3 Å². The zero-order valence-electron chi connectivity index (χ0n) is 10.6. The van der Waals surface area contributed by atoms with Gasteiger partial charge in [-0.1, -0.05) is 30.7 Å². The van der Waals surface area contributed by atoms with Gasteiger partial charge in [-0.15, -0.1) is 0 Å². The molecule has 0 aliphatic rings. The van der Waals surface area contributed by atoms with Crippen LogP contribution in [0.4, 0.5) is 0 Å². The van der Waals surface area contributed by atoms with Gasteiger partial charge in [-0.25, -0.2) is 0 Å². The molecule has 4 heteroatoms. The molecule has 18 heavy (non-hydrogen) atoms. The first-order valence-corrected chi connectivity index (χ1v) is 6.43. The molecule has 1 N–H and O–H groups in total. The molecule has 2 rings (SSSR count). The fourth-order valence-corrected chi connectivity index (χ4v) is 2.23. The van der Waals surface area contributed by atoms with E-state index in [0.717, 1.165) is 23.4 Å². The second-order valence-electron chi connectivity index (χ2n) is 4.39. The lowest BCUT2D eigenvalue weighted by Crippen LogP contribution is -2.07. The summed E-state index contributed by atoms with van der Waals surface area (Å²) in [6.07, 6.45) is 0.863. The van der Waals surface area contributed by atoms with Gasteiger partial charge in [0.2, 0.25) is 0 Å².